The molecule has 1 unspecified atom stereocenters. The van der Waals surface area contributed by atoms with Gasteiger partial charge in [-0.2, -0.15) is 0 Å². The lowest BCUT2D eigenvalue weighted by Crippen LogP contribution is -2.51. The Hall–Kier alpha value is -2.21. The number of nitrogens with two attached hydrogens (primary N) is 1. The second-order valence-electron chi connectivity index (χ2n) is 10.9. The Morgan fingerprint density at radius 1 is 0.882 bits per heavy atom. The van der Waals surface area contributed by atoms with E-state index in [-0.39, 0.29) is 5.91 Å². The number of amides is 1. The van der Waals surface area contributed by atoms with Gasteiger partial charge in [0.1, 0.15) is 5.72 Å². The standard InChI is InChI=1S/C29H39N3O2/c1-29(30,34)24-11-7-23(8-12-24)28(33)32(26-15-16-26)27-17-19-31(20-18-27)25-13-9-22(10-14-25)21-5-3-2-4-6-21/h2-8,11-12,22,25-27,34H,9-10,13-20,30H2,1H3. The summed E-state index contributed by atoms with van der Waals surface area (Å²) in [7, 11) is 0. The molecule has 0 spiro atoms. The summed E-state index contributed by atoms with van der Waals surface area (Å²) in [6, 6.07) is 19.6. The van der Waals surface area contributed by atoms with Gasteiger partial charge in [0.2, 0.25) is 0 Å². The summed E-state index contributed by atoms with van der Waals surface area (Å²) in [6.07, 6.45) is 9.50. The largest absolute Gasteiger partial charge is 0.372 e. The van der Waals surface area contributed by atoms with Crippen LogP contribution in [0, 0.1) is 0 Å². The summed E-state index contributed by atoms with van der Waals surface area (Å²) in [4.78, 5) is 18.3. The van der Waals surface area contributed by atoms with E-state index < -0.39 is 5.72 Å². The van der Waals surface area contributed by atoms with Crippen molar-refractivity contribution >= 4 is 5.91 Å². The fourth-order valence-electron chi connectivity index (χ4n) is 6.11. The normalized spacial score (nSPS) is 26.1. The van der Waals surface area contributed by atoms with Crippen LogP contribution in [0.2, 0.25) is 0 Å². The monoisotopic (exact) mass is 461 g/mol. The van der Waals surface area contributed by atoms with Gasteiger partial charge in [-0.25, -0.2) is 0 Å². The van der Waals surface area contributed by atoms with Crippen LogP contribution >= 0.6 is 0 Å². The Morgan fingerprint density at radius 2 is 1.47 bits per heavy atom. The minimum Gasteiger partial charge on any atom is -0.372 e. The van der Waals surface area contributed by atoms with Gasteiger partial charge >= 0.3 is 0 Å². The molecule has 1 amide bonds. The molecule has 182 valence electrons. The highest BCUT2D eigenvalue weighted by atomic mass is 16.3. The van der Waals surface area contributed by atoms with Gasteiger partial charge in [-0.1, -0.05) is 42.5 Å². The second-order valence-corrected chi connectivity index (χ2v) is 10.9. The molecule has 0 aromatic heterocycles. The molecule has 5 heteroatoms. The van der Waals surface area contributed by atoms with Crippen molar-refractivity contribution in [1.82, 2.24) is 9.80 Å². The highest BCUT2D eigenvalue weighted by molar-refractivity contribution is 5.95. The first-order chi connectivity index (χ1) is 16.4. The molecule has 2 aliphatic carbocycles. The molecule has 34 heavy (non-hydrogen) atoms. The topological polar surface area (TPSA) is 69.8 Å². The van der Waals surface area contributed by atoms with E-state index in [1.54, 1.807) is 19.1 Å². The van der Waals surface area contributed by atoms with Crippen molar-refractivity contribution in [3.05, 3.63) is 71.3 Å². The van der Waals surface area contributed by atoms with Gasteiger partial charge in [-0.15, -0.1) is 0 Å². The van der Waals surface area contributed by atoms with E-state index in [1.807, 2.05) is 12.1 Å². The van der Waals surface area contributed by atoms with Crippen LogP contribution in [0.15, 0.2) is 54.6 Å². The van der Waals surface area contributed by atoms with Crippen molar-refractivity contribution in [2.75, 3.05) is 13.1 Å². The zero-order valence-electron chi connectivity index (χ0n) is 20.4. The first-order valence-electron chi connectivity index (χ1n) is 13.1. The third-order valence-corrected chi connectivity index (χ3v) is 8.27. The SMILES string of the molecule is CC(N)(O)c1ccc(C(=O)N(C2CC2)C2CCN(C3CCC(c4ccccc4)CC3)CC2)cc1. The van der Waals surface area contributed by atoms with Gasteiger partial charge < -0.3 is 20.6 Å². The molecular weight excluding hydrogens is 422 g/mol. The van der Waals surface area contributed by atoms with E-state index in [0.29, 0.717) is 35.2 Å². The molecule has 1 aliphatic heterocycles. The Bertz CT molecular complexity index is 949. The van der Waals surface area contributed by atoms with E-state index >= 15 is 0 Å². The van der Waals surface area contributed by atoms with Crippen molar-refractivity contribution in [3.63, 3.8) is 0 Å². The van der Waals surface area contributed by atoms with E-state index in [4.69, 9.17) is 5.73 Å². The zero-order chi connectivity index (χ0) is 23.7. The fraction of sp³-hybridized carbons (Fsp3) is 0.552. The quantitative estimate of drug-likeness (QED) is 0.617. The third kappa shape index (κ3) is 5.22. The van der Waals surface area contributed by atoms with Crippen molar-refractivity contribution in [1.29, 1.82) is 0 Å². The first kappa shape index (κ1) is 23.5. The van der Waals surface area contributed by atoms with Crippen LogP contribution in [0.4, 0.5) is 0 Å². The lowest BCUT2D eigenvalue weighted by molar-refractivity contribution is 0.0454. The third-order valence-electron chi connectivity index (χ3n) is 8.27. The maximum Gasteiger partial charge on any atom is 0.254 e. The lowest BCUT2D eigenvalue weighted by atomic mass is 9.81. The number of carbonyl (C=O) groups is 1. The lowest BCUT2D eigenvalue weighted by Gasteiger charge is -2.43. The average molecular weight is 462 g/mol. The number of nitrogens with zero attached hydrogens (tertiary/aromatic N) is 2. The highest BCUT2D eigenvalue weighted by Crippen LogP contribution is 2.37. The number of hydrogen-bond acceptors (Lipinski definition) is 4. The van der Waals surface area contributed by atoms with Gasteiger partial charge in [0.25, 0.3) is 5.91 Å². The number of benzene rings is 2. The summed E-state index contributed by atoms with van der Waals surface area (Å²) in [5, 5.41) is 10.0. The summed E-state index contributed by atoms with van der Waals surface area (Å²) in [5.41, 5.74) is 7.22. The number of carbonyl (C=O) groups excluding carboxylic acids is 1. The Balaban J connectivity index is 1.17. The van der Waals surface area contributed by atoms with Crippen LogP contribution in [0.25, 0.3) is 0 Å². The van der Waals surface area contributed by atoms with Crippen molar-refractivity contribution in [2.24, 2.45) is 5.73 Å². The van der Waals surface area contributed by atoms with Crippen molar-refractivity contribution in [3.8, 4) is 0 Å². The Kier molecular flexibility index (Phi) is 6.79. The average Bonchev–Trinajstić information content (AvgIpc) is 3.70. The van der Waals surface area contributed by atoms with Gasteiger partial charge in [0.15, 0.2) is 0 Å². The highest BCUT2D eigenvalue weighted by Gasteiger charge is 2.40. The van der Waals surface area contributed by atoms with Crippen LogP contribution in [0.5, 0.6) is 0 Å². The number of likely N-dealkylation sites (tertiary alicyclic amines) is 1. The summed E-state index contributed by atoms with van der Waals surface area (Å²) < 4.78 is 0. The summed E-state index contributed by atoms with van der Waals surface area (Å²) >= 11 is 0. The van der Waals surface area contributed by atoms with Crippen LogP contribution in [-0.4, -0.2) is 52.0 Å². The van der Waals surface area contributed by atoms with Crippen LogP contribution in [0.1, 0.15) is 85.7 Å². The van der Waals surface area contributed by atoms with E-state index in [0.717, 1.165) is 38.8 Å². The molecule has 3 aliphatic rings. The van der Waals surface area contributed by atoms with Crippen molar-refractivity contribution < 1.29 is 9.90 Å². The maximum absolute atomic E-state index is 13.5. The number of rotatable bonds is 6. The predicted octanol–water partition coefficient (Wildman–Crippen LogP) is 4.61. The number of piperidine rings is 1. The fourth-order valence-corrected chi connectivity index (χ4v) is 6.11. The molecule has 0 radical (unpaired) electrons. The molecule has 2 aromatic rings. The second kappa shape index (κ2) is 9.80. The minimum atomic E-state index is -1.38. The predicted molar refractivity (Wildman–Crippen MR) is 135 cm³/mol. The van der Waals surface area contributed by atoms with Gasteiger partial charge in [-0.05, 0) is 87.5 Å². The van der Waals surface area contributed by atoms with Gasteiger partial charge in [0.05, 0.1) is 0 Å². The number of hydrogen-bond donors (Lipinski definition) is 2. The maximum atomic E-state index is 13.5. The Labute approximate surface area is 203 Å². The van der Waals surface area contributed by atoms with Crippen LogP contribution in [-0.2, 0) is 5.72 Å². The summed E-state index contributed by atoms with van der Waals surface area (Å²) in [5.74, 6) is 0.847. The molecule has 1 saturated heterocycles. The smallest absolute Gasteiger partial charge is 0.254 e. The minimum absolute atomic E-state index is 0.132. The molecule has 5 nitrogen and oxygen atoms in total. The molecule has 3 fully saturated rings. The molecular formula is C29H39N3O2. The van der Waals surface area contributed by atoms with Crippen LogP contribution < -0.4 is 5.73 Å². The molecule has 0 bridgehead atoms. The van der Waals surface area contributed by atoms with E-state index in [2.05, 4.69) is 40.1 Å². The van der Waals surface area contributed by atoms with E-state index in [1.165, 1.54) is 31.2 Å². The summed E-state index contributed by atoms with van der Waals surface area (Å²) in [6.45, 7) is 3.75. The molecule has 2 aromatic carbocycles. The van der Waals surface area contributed by atoms with Crippen molar-refractivity contribution in [2.45, 2.75) is 88.1 Å². The molecule has 2 saturated carbocycles. The van der Waals surface area contributed by atoms with E-state index in [9.17, 15) is 9.90 Å². The molecule has 3 N–H and O–H groups in total. The molecule has 1 atom stereocenters. The first-order valence-corrected chi connectivity index (χ1v) is 13.1. The number of aliphatic hydroxyl groups is 1. The molecule has 1 heterocycles. The Morgan fingerprint density at radius 3 is 2.03 bits per heavy atom. The van der Waals surface area contributed by atoms with Crippen LogP contribution in [0.3, 0.4) is 0 Å². The van der Waals surface area contributed by atoms with Gasteiger partial charge in [-0.3, -0.25) is 4.79 Å². The zero-order valence-corrected chi connectivity index (χ0v) is 20.4. The van der Waals surface area contributed by atoms with Gasteiger partial charge in [0, 0.05) is 36.8 Å². The molecule has 5 rings (SSSR count).